The number of carbonyl (C=O) groups excluding carboxylic acids is 2. The van der Waals surface area contributed by atoms with Gasteiger partial charge in [-0.2, -0.15) is 13.2 Å². The Balaban J connectivity index is 3.08. The van der Waals surface area contributed by atoms with E-state index in [0.717, 1.165) is 26.2 Å². The summed E-state index contributed by atoms with van der Waals surface area (Å²) in [6, 6.07) is -0.489. The van der Waals surface area contributed by atoms with E-state index in [1.165, 1.54) is 6.92 Å². The summed E-state index contributed by atoms with van der Waals surface area (Å²) in [5.74, 6) is -2.48. The highest BCUT2D eigenvalue weighted by molar-refractivity contribution is 5.87. The van der Waals surface area contributed by atoms with Gasteiger partial charge in [-0.25, -0.2) is 4.79 Å². The molecule has 1 aliphatic carbocycles. The molecule has 0 aromatic carbocycles. The van der Waals surface area contributed by atoms with Crippen LogP contribution in [0.25, 0.3) is 0 Å². The van der Waals surface area contributed by atoms with Crippen molar-refractivity contribution in [3.8, 4) is 0 Å². The van der Waals surface area contributed by atoms with Crippen LogP contribution in [0.15, 0.2) is 0 Å². The Hall–Kier alpha value is -1.31. The number of amides is 1. The molecule has 0 spiro atoms. The van der Waals surface area contributed by atoms with Gasteiger partial charge in [-0.05, 0) is 19.8 Å². The number of hydrogen-bond donors (Lipinski definition) is 2. The molecule has 1 saturated carbocycles. The van der Waals surface area contributed by atoms with Crippen LogP contribution in [-0.4, -0.2) is 36.4 Å². The fourth-order valence-corrected chi connectivity index (χ4v) is 2.47. The predicted octanol–water partition coefficient (Wildman–Crippen LogP) is 1.87. The second-order valence-electron chi connectivity index (χ2n) is 5.13. The molecular weight excluding hydrogens is 289 g/mol. The normalized spacial score (nSPS) is 19.7. The molecule has 21 heavy (non-hydrogen) atoms. The zero-order valence-corrected chi connectivity index (χ0v) is 12.2. The molecule has 0 aromatic rings. The highest BCUT2D eigenvalue weighted by atomic mass is 19.4. The summed E-state index contributed by atoms with van der Waals surface area (Å²) < 4.78 is 45.0. The minimum Gasteiger partial charge on any atom is -0.463 e. The molecule has 0 aliphatic heterocycles. The molecule has 0 heterocycles. The summed E-state index contributed by atoms with van der Waals surface area (Å²) in [6.07, 6.45) is -1.42. The third kappa shape index (κ3) is 4.33. The summed E-state index contributed by atoms with van der Waals surface area (Å²) >= 11 is 0. The van der Waals surface area contributed by atoms with Gasteiger partial charge in [-0.3, -0.25) is 10.1 Å². The molecule has 8 heteroatoms. The number of esters is 1. The van der Waals surface area contributed by atoms with Crippen molar-refractivity contribution in [3.63, 3.8) is 0 Å². The zero-order chi connectivity index (χ0) is 16.1. The largest absolute Gasteiger partial charge is 0.463 e. The lowest BCUT2D eigenvalue weighted by atomic mass is 9.93. The Morgan fingerprint density at radius 2 is 1.76 bits per heavy atom. The lowest BCUT2D eigenvalue weighted by Gasteiger charge is -2.38. The van der Waals surface area contributed by atoms with Crippen molar-refractivity contribution in [3.05, 3.63) is 0 Å². The molecule has 1 rings (SSSR count). The fourth-order valence-electron chi connectivity index (χ4n) is 2.47. The molecule has 0 radical (unpaired) electrons. The van der Waals surface area contributed by atoms with Gasteiger partial charge in [0.05, 0.1) is 6.61 Å². The number of ether oxygens (including phenoxy) is 1. The Kier molecular flexibility index (Phi) is 6.00. The maximum Gasteiger partial charge on any atom is 0.436 e. The second-order valence-corrected chi connectivity index (χ2v) is 5.13. The van der Waals surface area contributed by atoms with E-state index >= 15 is 0 Å². The molecule has 0 saturated heterocycles. The van der Waals surface area contributed by atoms with Crippen molar-refractivity contribution in [2.24, 2.45) is 0 Å². The molecule has 0 unspecified atom stereocenters. The summed E-state index contributed by atoms with van der Waals surface area (Å²) in [6.45, 7) is 2.14. The lowest BCUT2D eigenvalue weighted by Crippen LogP contribution is -2.74. The Morgan fingerprint density at radius 3 is 2.19 bits per heavy atom. The van der Waals surface area contributed by atoms with E-state index in [-0.39, 0.29) is 6.61 Å². The van der Waals surface area contributed by atoms with E-state index in [0.29, 0.717) is 12.8 Å². The summed E-state index contributed by atoms with van der Waals surface area (Å²) in [7, 11) is 0. The summed E-state index contributed by atoms with van der Waals surface area (Å²) in [4.78, 5) is 23.1. The third-order valence-electron chi connectivity index (χ3n) is 3.40. The molecule has 1 amide bonds. The highest BCUT2D eigenvalue weighted by Crippen LogP contribution is 2.32. The Labute approximate surface area is 121 Å². The van der Waals surface area contributed by atoms with Gasteiger partial charge >= 0.3 is 12.1 Å². The average Bonchev–Trinajstić information content (AvgIpc) is 2.37. The number of hydrogen-bond acceptors (Lipinski definition) is 4. The van der Waals surface area contributed by atoms with Crippen LogP contribution in [0, 0.1) is 0 Å². The minimum absolute atomic E-state index is 0.206. The van der Waals surface area contributed by atoms with E-state index < -0.39 is 29.8 Å². The summed E-state index contributed by atoms with van der Waals surface area (Å²) in [5, 5.41) is 4.01. The number of nitrogens with one attached hydrogen (secondary N) is 2. The van der Waals surface area contributed by atoms with Crippen LogP contribution in [0.2, 0.25) is 0 Å². The van der Waals surface area contributed by atoms with Gasteiger partial charge < -0.3 is 10.1 Å². The first-order valence-corrected chi connectivity index (χ1v) is 7.03. The topological polar surface area (TPSA) is 67.4 Å². The van der Waals surface area contributed by atoms with Gasteiger partial charge in [-0.15, -0.1) is 0 Å². The first-order chi connectivity index (χ1) is 9.73. The number of rotatable bonds is 5. The van der Waals surface area contributed by atoms with Crippen LogP contribution >= 0.6 is 0 Å². The quantitative estimate of drug-likeness (QED) is 0.601. The van der Waals surface area contributed by atoms with Gasteiger partial charge in [-0.1, -0.05) is 19.3 Å². The summed E-state index contributed by atoms with van der Waals surface area (Å²) in [5.41, 5.74) is -3.18. The van der Waals surface area contributed by atoms with E-state index in [2.05, 4.69) is 10.1 Å². The highest BCUT2D eigenvalue weighted by Gasteiger charge is 2.63. The van der Waals surface area contributed by atoms with Crippen LogP contribution in [-0.2, 0) is 14.3 Å². The Bertz CT molecular complexity index is 381. The predicted molar refractivity (Wildman–Crippen MR) is 69.2 cm³/mol. The number of carbonyl (C=O) groups is 2. The van der Waals surface area contributed by atoms with Crippen LogP contribution in [0.1, 0.15) is 46.0 Å². The molecule has 1 aliphatic rings. The first kappa shape index (κ1) is 17.7. The smallest absolute Gasteiger partial charge is 0.436 e. The van der Waals surface area contributed by atoms with Gasteiger partial charge in [0.15, 0.2) is 0 Å². The molecule has 0 bridgehead atoms. The maximum atomic E-state index is 13.5. The zero-order valence-electron chi connectivity index (χ0n) is 12.2. The van der Waals surface area contributed by atoms with Crippen molar-refractivity contribution in [1.82, 2.24) is 10.6 Å². The molecule has 1 atom stereocenters. The first-order valence-electron chi connectivity index (χ1n) is 7.03. The molecule has 5 nitrogen and oxygen atoms in total. The van der Waals surface area contributed by atoms with E-state index in [1.807, 2.05) is 0 Å². The molecule has 122 valence electrons. The van der Waals surface area contributed by atoms with Crippen molar-refractivity contribution in [2.45, 2.75) is 63.8 Å². The number of alkyl halides is 3. The van der Waals surface area contributed by atoms with Crippen LogP contribution in [0.5, 0.6) is 0 Å². The van der Waals surface area contributed by atoms with Gasteiger partial charge in [0.1, 0.15) is 0 Å². The minimum atomic E-state index is -5.00. The third-order valence-corrected chi connectivity index (χ3v) is 3.40. The van der Waals surface area contributed by atoms with Crippen molar-refractivity contribution < 1.29 is 27.5 Å². The van der Waals surface area contributed by atoms with Crippen LogP contribution in [0.4, 0.5) is 13.2 Å². The molecule has 2 N–H and O–H groups in total. The molecule has 1 fully saturated rings. The van der Waals surface area contributed by atoms with Gasteiger partial charge in [0.25, 0.3) is 5.66 Å². The lowest BCUT2D eigenvalue weighted by molar-refractivity contribution is -0.223. The van der Waals surface area contributed by atoms with Crippen molar-refractivity contribution >= 4 is 11.9 Å². The maximum absolute atomic E-state index is 13.5. The van der Waals surface area contributed by atoms with E-state index in [1.54, 1.807) is 5.32 Å². The monoisotopic (exact) mass is 310 g/mol. The molecular formula is C13H21F3N2O3. The van der Waals surface area contributed by atoms with E-state index in [9.17, 15) is 22.8 Å². The van der Waals surface area contributed by atoms with Crippen LogP contribution in [0.3, 0.4) is 0 Å². The number of halogens is 3. The SMILES string of the molecule is CCOC(=O)[C@](NC(C)=O)(NC1CCCCC1)C(F)(F)F. The average molecular weight is 310 g/mol. The van der Waals surface area contributed by atoms with Gasteiger partial charge in [0.2, 0.25) is 5.91 Å². The van der Waals surface area contributed by atoms with E-state index in [4.69, 9.17) is 0 Å². The van der Waals surface area contributed by atoms with Crippen LogP contribution < -0.4 is 10.6 Å². The molecule has 0 aromatic heterocycles. The standard InChI is InChI=1S/C13H21F3N2O3/c1-3-21-11(20)12(13(14,15)16,17-9(2)19)18-10-7-5-4-6-8-10/h10,18H,3-8H2,1-2H3,(H,17,19)/t12-/m0/s1. The second kappa shape index (κ2) is 7.11. The Morgan fingerprint density at radius 1 is 1.19 bits per heavy atom. The fraction of sp³-hybridized carbons (Fsp3) is 0.846. The van der Waals surface area contributed by atoms with Gasteiger partial charge in [0, 0.05) is 13.0 Å². The van der Waals surface area contributed by atoms with Crippen molar-refractivity contribution in [1.29, 1.82) is 0 Å². The van der Waals surface area contributed by atoms with Crippen molar-refractivity contribution in [2.75, 3.05) is 6.61 Å².